The molecule has 1 amide bonds. The van der Waals surface area contributed by atoms with Crippen LogP contribution in [0.25, 0.3) is 11.1 Å². The largest absolute Gasteiger partial charge is 0.378 e. The molecule has 1 saturated heterocycles. The zero-order valence-corrected chi connectivity index (χ0v) is 14.1. The van der Waals surface area contributed by atoms with Crippen molar-refractivity contribution in [3.05, 3.63) is 54.4 Å². The third-order valence-electron chi connectivity index (χ3n) is 4.50. The standard InChI is InChI=1S/C20H24N2O2/c1-15(22-20(23)11-10-19-5-3-13-24-19)16-6-8-17(9-7-16)18-4-2-12-21-14-18/h2,4,6-9,12,14-15,19H,3,5,10-11,13H2,1H3,(H,22,23). The van der Waals surface area contributed by atoms with Gasteiger partial charge in [0.1, 0.15) is 0 Å². The van der Waals surface area contributed by atoms with Gasteiger partial charge in [0.25, 0.3) is 0 Å². The maximum atomic E-state index is 12.1. The van der Waals surface area contributed by atoms with Crippen LogP contribution in [-0.2, 0) is 9.53 Å². The number of carbonyl (C=O) groups is 1. The molecule has 1 aromatic heterocycles. The van der Waals surface area contributed by atoms with E-state index < -0.39 is 0 Å². The summed E-state index contributed by atoms with van der Waals surface area (Å²) in [6.07, 6.45) is 7.44. The Morgan fingerprint density at radius 1 is 1.29 bits per heavy atom. The van der Waals surface area contributed by atoms with Crippen LogP contribution in [0.15, 0.2) is 48.8 Å². The number of carbonyl (C=O) groups excluding carboxylic acids is 1. The maximum absolute atomic E-state index is 12.1. The summed E-state index contributed by atoms with van der Waals surface area (Å²) in [6.45, 7) is 2.86. The van der Waals surface area contributed by atoms with Crippen LogP contribution in [-0.4, -0.2) is 23.6 Å². The lowest BCUT2D eigenvalue weighted by atomic mass is 10.0. The van der Waals surface area contributed by atoms with Crippen molar-refractivity contribution in [3.63, 3.8) is 0 Å². The summed E-state index contributed by atoms with van der Waals surface area (Å²) in [4.78, 5) is 16.2. The second-order valence-corrected chi connectivity index (χ2v) is 6.33. The zero-order valence-electron chi connectivity index (χ0n) is 14.1. The molecule has 1 aliphatic rings. The smallest absolute Gasteiger partial charge is 0.220 e. The van der Waals surface area contributed by atoms with Crippen LogP contribution < -0.4 is 5.32 Å². The van der Waals surface area contributed by atoms with Crippen molar-refractivity contribution in [2.45, 2.75) is 44.8 Å². The maximum Gasteiger partial charge on any atom is 0.220 e. The highest BCUT2D eigenvalue weighted by Crippen LogP contribution is 2.21. The van der Waals surface area contributed by atoms with Gasteiger partial charge in [0, 0.05) is 25.4 Å². The van der Waals surface area contributed by atoms with E-state index in [1.165, 1.54) is 0 Å². The second kappa shape index (κ2) is 8.06. The van der Waals surface area contributed by atoms with Crippen molar-refractivity contribution >= 4 is 5.91 Å². The Kier molecular flexibility index (Phi) is 5.59. The molecule has 2 unspecified atom stereocenters. The predicted molar refractivity (Wildman–Crippen MR) is 94.4 cm³/mol. The summed E-state index contributed by atoms with van der Waals surface area (Å²) >= 11 is 0. The van der Waals surface area contributed by atoms with Crippen LogP contribution in [0.3, 0.4) is 0 Å². The molecule has 2 heterocycles. The number of hydrogen-bond donors (Lipinski definition) is 1. The molecular weight excluding hydrogens is 300 g/mol. The van der Waals surface area contributed by atoms with Crippen molar-refractivity contribution in [2.24, 2.45) is 0 Å². The highest BCUT2D eigenvalue weighted by Gasteiger charge is 2.17. The first kappa shape index (κ1) is 16.7. The Morgan fingerprint density at radius 3 is 2.79 bits per heavy atom. The third-order valence-corrected chi connectivity index (χ3v) is 4.50. The van der Waals surface area contributed by atoms with E-state index >= 15 is 0 Å². The lowest BCUT2D eigenvalue weighted by molar-refractivity contribution is -0.122. The van der Waals surface area contributed by atoms with Crippen molar-refractivity contribution in [2.75, 3.05) is 6.61 Å². The van der Waals surface area contributed by atoms with Crippen molar-refractivity contribution in [1.29, 1.82) is 0 Å². The molecule has 4 heteroatoms. The number of hydrogen-bond acceptors (Lipinski definition) is 3. The summed E-state index contributed by atoms with van der Waals surface area (Å²) in [6, 6.07) is 12.2. The highest BCUT2D eigenvalue weighted by molar-refractivity contribution is 5.76. The Labute approximate surface area is 143 Å². The second-order valence-electron chi connectivity index (χ2n) is 6.33. The molecule has 1 fully saturated rings. The number of nitrogens with zero attached hydrogens (tertiary/aromatic N) is 1. The van der Waals surface area contributed by atoms with Gasteiger partial charge in [0.15, 0.2) is 0 Å². The van der Waals surface area contributed by atoms with E-state index in [9.17, 15) is 4.79 Å². The van der Waals surface area contributed by atoms with Gasteiger partial charge in [-0.1, -0.05) is 30.3 Å². The molecule has 2 aromatic rings. The molecule has 0 saturated carbocycles. The average Bonchev–Trinajstić information content (AvgIpc) is 3.14. The summed E-state index contributed by atoms with van der Waals surface area (Å²) in [7, 11) is 0. The van der Waals surface area contributed by atoms with Gasteiger partial charge in [-0.3, -0.25) is 9.78 Å². The Morgan fingerprint density at radius 2 is 2.12 bits per heavy atom. The van der Waals surface area contributed by atoms with E-state index in [1.54, 1.807) is 6.20 Å². The third kappa shape index (κ3) is 4.42. The van der Waals surface area contributed by atoms with Crippen LogP contribution in [0, 0.1) is 0 Å². The SMILES string of the molecule is CC(NC(=O)CCC1CCCO1)c1ccc(-c2cccnc2)cc1. The molecule has 24 heavy (non-hydrogen) atoms. The number of ether oxygens (including phenoxy) is 1. The van der Waals surface area contributed by atoms with Crippen LogP contribution in [0.1, 0.15) is 44.2 Å². The van der Waals surface area contributed by atoms with Gasteiger partial charge in [-0.15, -0.1) is 0 Å². The Hall–Kier alpha value is -2.20. The van der Waals surface area contributed by atoms with E-state index in [2.05, 4.69) is 34.6 Å². The van der Waals surface area contributed by atoms with Crippen LogP contribution >= 0.6 is 0 Å². The first-order chi connectivity index (χ1) is 11.7. The minimum Gasteiger partial charge on any atom is -0.378 e. The van der Waals surface area contributed by atoms with Gasteiger partial charge in [-0.2, -0.15) is 0 Å². The Balaban J connectivity index is 1.52. The predicted octanol–water partition coefficient (Wildman–Crippen LogP) is 3.89. The number of benzene rings is 1. The molecule has 1 aliphatic heterocycles. The quantitative estimate of drug-likeness (QED) is 0.877. The molecule has 2 atom stereocenters. The van der Waals surface area contributed by atoms with Gasteiger partial charge in [0.05, 0.1) is 12.1 Å². The number of nitrogens with one attached hydrogen (secondary N) is 1. The summed E-state index contributed by atoms with van der Waals surface area (Å²) in [5, 5.41) is 3.07. The number of aromatic nitrogens is 1. The first-order valence-corrected chi connectivity index (χ1v) is 8.64. The molecule has 0 radical (unpaired) electrons. The zero-order chi connectivity index (χ0) is 16.8. The highest BCUT2D eigenvalue weighted by atomic mass is 16.5. The van der Waals surface area contributed by atoms with Gasteiger partial charge in [0.2, 0.25) is 5.91 Å². The van der Waals surface area contributed by atoms with Crippen molar-refractivity contribution in [1.82, 2.24) is 10.3 Å². The molecule has 0 aliphatic carbocycles. The Bertz CT molecular complexity index is 649. The molecular formula is C20H24N2O2. The van der Waals surface area contributed by atoms with E-state index in [1.807, 2.05) is 25.3 Å². The first-order valence-electron chi connectivity index (χ1n) is 8.64. The van der Waals surface area contributed by atoms with Gasteiger partial charge < -0.3 is 10.1 Å². The van der Waals surface area contributed by atoms with E-state index in [-0.39, 0.29) is 18.1 Å². The minimum absolute atomic E-state index is 0.00458. The molecule has 1 aromatic carbocycles. The van der Waals surface area contributed by atoms with Gasteiger partial charge >= 0.3 is 0 Å². The number of rotatable bonds is 6. The number of amides is 1. The summed E-state index contributed by atoms with van der Waals surface area (Å²) in [5.41, 5.74) is 3.33. The molecule has 3 rings (SSSR count). The number of pyridine rings is 1. The van der Waals surface area contributed by atoms with Crippen molar-refractivity contribution in [3.8, 4) is 11.1 Å². The van der Waals surface area contributed by atoms with Crippen LogP contribution in [0.2, 0.25) is 0 Å². The van der Waals surface area contributed by atoms with E-state index in [4.69, 9.17) is 4.74 Å². The fourth-order valence-corrected chi connectivity index (χ4v) is 3.06. The average molecular weight is 324 g/mol. The van der Waals surface area contributed by atoms with E-state index in [0.29, 0.717) is 6.42 Å². The summed E-state index contributed by atoms with van der Waals surface area (Å²) in [5.74, 6) is 0.0920. The fourth-order valence-electron chi connectivity index (χ4n) is 3.06. The van der Waals surface area contributed by atoms with Crippen molar-refractivity contribution < 1.29 is 9.53 Å². The monoisotopic (exact) mass is 324 g/mol. The molecule has 126 valence electrons. The van der Waals surface area contributed by atoms with Crippen LogP contribution in [0.4, 0.5) is 0 Å². The lowest BCUT2D eigenvalue weighted by Crippen LogP contribution is -2.27. The van der Waals surface area contributed by atoms with Gasteiger partial charge in [-0.05, 0) is 48.9 Å². The molecule has 0 bridgehead atoms. The van der Waals surface area contributed by atoms with Crippen LogP contribution in [0.5, 0.6) is 0 Å². The van der Waals surface area contributed by atoms with Gasteiger partial charge in [-0.25, -0.2) is 0 Å². The summed E-state index contributed by atoms with van der Waals surface area (Å²) < 4.78 is 5.56. The normalized spacial score (nSPS) is 18.3. The molecule has 1 N–H and O–H groups in total. The molecule has 4 nitrogen and oxygen atoms in total. The lowest BCUT2D eigenvalue weighted by Gasteiger charge is -2.16. The molecule has 0 spiro atoms. The fraction of sp³-hybridized carbons (Fsp3) is 0.400. The van der Waals surface area contributed by atoms with E-state index in [0.717, 1.165) is 42.6 Å². The topological polar surface area (TPSA) is 51.2 Å². The minimum atomic E-state index is 0.00458.